The van der Waals surface area contributed by atoms with E-state index in [4.69, 9.17) is 14.2 Å². The minimum absolute atomic E-state index is 0.0711. The van der Waals surface area contributed by atoms with Crippen LogP contribution in [0.4, 0.5) is 0 Å². The van der Waals surface area contributed by atoms with Gasteiger partial charge < -0.3 is 24.6 Å². The van der Waals surface area contributed by atoms with Crippen molar-refractivity contribution in [2.24, 2.45) is 5.41 Å². The molecule has 1 saturated heterocycles. The summed E-state index contributed by atoms with van der Waals surface area (Å²) < 4.78 is 16.2. The highest BCUT2D eigenvalue weighted by Crippen LogP contribution is 2.31. The summed E-state index contributed by atoms with van der Waals surface area (Å²) in [5, 5.41) is 12.3. The topological polar surface area (TPSA) is 94.1 Å². The van der Waals surface area contributed by atoms with Gasteiger partial charge in [-0.3, -0.25) is 9.59 Å². The number of carbonyl (C=O) groups is 2. The van der Waals surface area contributed by atoms with Gasteiger partial charge in [-0.05, 0) is 44.9 Å². The second-order valence-corrected chi connectivity index (χ2v) is 5.91. The first-order chi connectivity index (χ1) is 12.0. The number of hydrogen-bond acceptors (Lipinski definition) is 5. The van der Waals surface area contributed by atoms with Crippen LogP contribution in [-0.2, 0) is 9.53 Å². The molecule has 138 valence electrons. The Bertz CT molecular complexity index is 610. The van der Waals surface area contributed by atoms with E-state index in [1.54, 1.807) is 18.2 Å². The molecular weight excluding hydrogens is 326 g/mol. The number of ether oxygens (including phenoxy) is 3. The van der Waals surface area contributed by atoms with Crippen molar-refractivity contribution in [1.82, 2.24) is 5.32 Å². The van der Waals surface area contributed by atoms with Crippen molar-refractivity contribution >= 4 is 11.9 Å². The Balaban J connectivity index is 2.09. The van der Waals surface area contributed by atoms with E-state index in [2.05, 4.69) is 5.32 Å². The van der Waals surface area contributed by atoms with Crippen molar-refractivity contribution in [3.05, 3.63) is 23.8 Å². The Morgan fingerprint density at radius 3 is 2.40 bits per heavy atom. The van der Waals surface area contributed by atoms with Crippen LogP contribution >= 0.6 is 0 Å². The quantitative estimate of drug-likeness (QED) is 0.745. The summed E-state index contributed by atoms with van der Waals surface area (Å²) in [6.45, 7) is 5.52. The third kappa shape index (κ3) is 4.63. The van der Waals surface area contributed by atoms with E-state index in [-0.39, 0.29) is 12.5 Å². The molecular formula is C18H25NO6. The van der Waals surface area contributed by atoms with Crippen molar-refractivity contribution in [3.63, 3.8) is 0 Å². The molecule has 0 aliphatic carbocycles. The smallest absolute Gasteiger partial charge is 0.311 e. The highest BCUT2D eigenvalue weighted by atomic mass is 16.5. The number of aliphatic carboxylic acids is 1. The molecule has 1 aliphatic rings. The van der Waals surface area contributed by atoms with Crippen LogP contribution in [0.2, 0.25) is 0 Å². The van der Waals surface area contributed by atoms with E-state index in [1.807, 2.05) is 13.8 Å². The van der Waals surface area contributed by atoms with Crippen LogP contribution < -0.4 is 14.8 Å². The molecule has 1 amide bonds. The highest BCUT2D eigenvalue weighted by Gasteiger charge is 2.40. The lowest BCUT2D eigenvalue weighted by Crippen LogP contribution is -2.46. The first kappa shape index (κ1) is 19.1. The molecule has 1 heterocycles. The number of nitrogens with one attached hydrogen (secondary N) is 1. The molecule has 0 saturated carbocycles. The summed E-state index contributed by atoms with van der Waals surface area (Å²) in [5.74, 6) is -0.169. The lowest BCUT2D eigenvalue weighted by molar-refractivity contribution is -0.154. The standard InChI is InChI=1S/C18H25NO6/c1-3-24-14-6-5-13(11-15(14)25-4-2)16(20)19-12-18(17(21)22)7-9-23-10-8-18/h5-6,11H,3-4,7-10,12H2,1-2H3,(H,19,20)(H,21,22). The molecule has 0 bridgehead atoms. The number of hydrogen-bond donors (Lipinski definition) is 2. The van der Waals surface area contributed by atoms with E-state index < -0.39 is 11.4 Å². The Labute approximate surface area is 147 Å². The molecule has 0 unspecified atom stereocenters. The highest BCUT2D eigenvalue weighted by molar-refractivity contribution is 5.95. The second-order valence-electron chi connectivity index (χ2n) is 5.91. The van der Waals surface area contributed by atoms with Gasteiger partial charge in [-0.15, -0.1) is 0 Å². The van der Waals surface area contributed by atoms with Gasteiger partial charge in [0.1, 0.15) is 0 Å². The van der Waals surface area contributed by atoms with E-state index in [1.165, 1.54) is 0 Å². The number of carbonyl (C=O) groups excluding carboxylic acids is 1. The summed E-state index contributed by atoms with van der Waals surface area (Å²) in [5.41, 5.74) is -0.568. The third-order valence-corrected chi connectivity index (χ3v) is 4.30. The second kappa shape index (κ2) is 8.71. The predicted molar refractivity (Wildman–Crippen MR) is 91.2 cm³/mol. The van der Waals surface area contributed by atoms with Crippen LogP contribution in [0.15, 0.2) is 18.2 Å². The molecule has 0 atom stereocenters. The summed E-state index contributed by atoms with van der Waals surface area (Å²) in [7, 11) is 0. The fourth-order valence-electron chi connectivity index (χ4n) is 2.77. The van der Waals surface area contributed by atoms with Crippen molar-refractivity contribution in [2.75, 3.05) is 33.0 Å². The first-order valence-corrected chi connectivity index (χ1v) is 8.51. The average Bonchev–Trinajstić information content (AvgIpc) is 2.62. The molecule has 2 N–H and O–H groups in total. The number of amides is 1. The van der Waals surface area contributed by atoms with Gasteiger partial charge in [0.05, 0.1) is 18.6 Å². The molecule has 0 spiro atoms. The zero-order chi connectivity index (χ0) is 18.3. The number of carboxylic acids is 1. The number of benzene rings is 1. The molecule has 0 radical (unpaired) electrons. The van der Waals surface area contributed by atoms with Gasteiger partial charge in [0.25, 0.3) is 5.91 Å². The fraction of sp³-hybridized carbons (Fsp3) is 0.556. The molecule has 2 rings (SSSR count). The number of rotatable bonds is 8. The molecule has 1 aromatic carbocycles. The zero-order valence-corrected chi connectivity index (χ0v) is 14.7. The maximum atomic E-state index is 12.4. The van der Waals surface area contributed by atoms with E-state index >= 15 is 0 Å². The zero-order valence-electron chi connectivity index (χ0n) is 14.7. The third-order valence-electron chi connectivity index (χ3n) is 4.30. The van der Waals surface area contributed by atoms with Crippen LogP contribution in [0.3, 0.4) is 0 Å². The number of carboxylic acid groups (broad SMARTS) is 1. The predicted octanol–water partition coefficient (Wildman–Crippen LogP) is 2.10. The lowest BCUT2D eigenvalue weighted by Gasteiger charge is -2.33. The van der Waals surface area contributed by atoms with Crippen LogP contribution in [0, 0.1) is 5.41 Å². The molecule has 7 nitrogen and oxygen atoms in total. The van der Waals surface area contributed by atoms with Crippen LogP contribution in [0.25, 0.3) is 0 Å². The van der Waals surface area contributed by atoms with Gasteiger partial charge >= 0.3 is 5.97 Å². The Morgan fingerprint density at radius 1 is 1.16 bits per heavy atom. The molecule has 25 heavy (non-hydrogen) atoms. The van der Waals surface area contributed by atoms with Crippen LogP contribution in [0.5, 0.6) is 11.5 Å². The van der Waals surface area contributed by atoms with E-state index in [0.717, 1.165) is 0 Å². The maximum absolute atomic E-state index is 12.4. The summed E-state index contributed by atoms with van der Waals surface area (Å²) >= 11 is 0. The molecule has 1 aromatic rings. The Morgan fingerprint density at radius 2 is 1.80 bits per heavy atom. The van der Waals surface area contributed by atoms with Gasteiger partial charge in [-0.1, -0.05) is 0 Å². The first-order valence-electron chi connectivity index (χ1n) is 8.51. The largest absolute Gasteiger partial charge is 0.490 e. The van der Waals surface area contributed by atoms with Gasteiger partial charge in [0, 0.05) is 25.3 Å². The van der Waals surface area contributed by atoms with Gasteiger partial charge in [0.15, 0.2) is 11.5 Å². The normalized spacial score (nSPS) is 16.1. The van der Waals surface area contributed by atoms with Crippen molar-refractivity contribution in [1.29, 1.82) is 0 Å². The van der Waals surface area contributed by atoms with Gasteiger partial charge in [-0.2, -0.15) is 0 Å². The fourth-order valence-corrected chi connectivity index (χ4v) is 2.77. The van der Waals surface area contributed by atoms with E-state index in [9.17, 15) is 14.7 Å². The summed E-state index contributed by atoms with van der Waals surface area (Å²) in [4.78, 5) is 24.1. The van der Waals surface area contributed by atoms with Gasteiger partial charge in [-0.25, -0.2) is 0 Å². The lowest BCUT2D eigenvalue weighted by atomic mass is 9.80. The minimum atomic E-state index is -0.970. The van der Waals surface area contributed by atoms with Crippen LogP contribution in [0.1, 0.15) is 37.0 Å². The molecule has 1 fully saturated rings. The van der Waals surface area contributed by atoms with Crippen molar-refractivity contribution in [2.45, 2.75) is 26.7 Å². The summed E-state index contributed by atoms with van der Waals surface area (Å²) in [6, 6.07) is 4.94. The molecule has 1 aliphatic heterocycles. The van der Waals surface area contributed by atoms with E-state index in [0.29, 0.717) is 56.3 Å². The molecule has 7 heteroatoms. The summed E-state index contributed by atoms with van der Waals surface area (Å²) in [6.07, 6.45) is 0.770. The maximum Gasteiger partial charge on any atom is 0.311 e. The monoisotopic (exact) mass is 351 g/mol. The van der Waals surface area contributed by atoms with Crippen LogP contribution in [-0.4, -0.2) is 50.0 Å². The SMILES string of the molecule is CCOc1ccc(C(=O)NCC2(C(=O)O)CCOCC2)cc1OCC. The average molecular weight is 351 g/mol. The Kier molecular flexibility index (Phi) is 6.64. The van der Waals surface area contributed by atoms with Crippen molar-refractivity contribution in [3.8, 4) is 11.5 Å². The van der Waals surface area contributed by atoms with Gasteiger partial charge in [0.2, 0.25) is 0 Å². The van der Waals surface area contributed by atoms with Crippen molar-refractivity contribution < 1.29 is 28.9 Å². The Hall–Kier alpha value is -2.28. The minimum Gasteiger partial charge on any atom is -0.490 e. The molecule has 0 aromatic heterocycles.